The molecule has 0 saturated carbocycles. The number of unbranched alkanes of at least 4 members (excludes halogenated alkanes) is 20. The van der Waals surface area contributed by atoms with Crippen molar-refractivity contribution in [1.82, 2.24) is 0 Å². The third-order valence-corrected chi connectivity index (χ3v) is 17.3. The number of hydrogen-bond acceptors (Lipinski definition) is 0. The molecule has 0 aromatic heterocycles. The summed E-state index contributed by atoms with van der Waals surface area (Å²) >= 11 is 0. The van der Waals surface area contributed by atoms with Gasteiger partial charge < -0.3 is 0 Å². The Morgan fingerprint density at radius 1 is 0.343 bits per heavy atom. The summed E-state index contributed by atoms with van der Waals surface area (Å²) in [4.78, 5) is 0. The molecule has 0 heterocycles. The van der Waals surface area contributed by atoms with Crippen LogP contribution in [0.1, 0.15) is 182 Å². The quantitative estimate of drug-likeness (QED) is 0.0640. The lowest BCUT2D eigenvalue weighted by Gasteiger charge is -2.28. The van der Waals surface area contributed by atoms with Crippen molar-refractivity contribution in [2.75, 3.05) is 24.6 Å². The summed E-state index contributed by atoms with van der Waals surface area (Å²) in [5, 5.41) is 0. The highest BCUT2D eigenvalue weighted by Gasteiger charge is 2.35. The standard InChI is InChI=1S/C32H69P2.ClH/c1-5-9-13-17-18-19-20-21-22-23-24-25-29-33-34(30-26-14-10-6-2,31-27-15-11-7-3)32-28-16-12-8-4;/h33H,5-32H2,1-4H3;1H/q+1;. The van der Waals surface area contributed by atoms with Crippen LogP contribution in [0.3, 0.4) is 0 Å². The molecule has 0 aliphatic carbocycles. The Kier molecular flexibility index (Phi) is 34.3. The molecule has 1 unspecified atom stereocenters. The Hall–Kier alpha value is 1.15. The topological polar surface area (TPSA) is 0 Å². The summed E-state index contributed by atoms with van der Waals surface area (Å²) in [7, 11) is 1.35. The third-order valence-electron chi connectivity index (χ3n) is 7.80. The van der Waals surface area contributed by atoms with E-state index in [0.717, 1.165) is 0 Å². The predicted molar refractivity (Wildman–Crippen MR) is 175 cm³/mol. The van der Waals surface area contributed by atoms with Crippen LogP contribution in [0.15, 0.2) is 0 Å². The summed E-state index contributed by atoms with van der Waals surface area (Å²) in [5.41, 5.74) is 0. The van der Waals surface area contributed by atoms with Gasteiger partial charge in [0, 0.05) is 21.4 Å². The molecule has 0 N–H and O–H groups in total. The van der Waals surface area contributed by atoms with Crippen LogP contribution >= 0.6 is 27.6 Å². The van der Waals surface area contributed by atoms with E-state index in [1.54, 1.807) is 43.9 Å². The van der Waals surface area contributed by atoms with E-state index in [4.69, 9.17) is 0 Å². The molecule has 0 spiro atoms. The van der Waals surface area contributed by atoms with E-state index >= 15 is 0 Å². The average Bonchev–Trinajstić information content (AvgIpc) is 2.85. The zero-order valence-electron chi connectivity index (χ0n) is 25.2. The van der Waals surface area contributed by atoms with Crippen LogP contribution in [0, 0.1) is 0 Å². The van der Waals surface area contributed by atoms with E-state index in [2.05, 4.69) is 27.7 Å². The van der Waals surface area contributed by atoms with Crippen molar-refractivity contribution >= 4 is 27.6 Å². The van der Waals surface area contributed by atoms with Gasteiger partial charge in [-0.1, -0.05) is 137 Å². The zero-order chi connectivity index (χ0) is 25.0. The summed E-state index contributed by atoms with van der Waals surface area (Å²) in [5.74, 6) is 0. The number of rotatable bonds is 29. The summed E-state index contributed by atoms with van der Waals surface area (Å²) in [6.07, 6.45) is 42.1. The van der Waals surface area contributed by atoms with E-state index in [1.165, 1.54) is 143 Å². The smallest absolute Gasteiger partial charge is 0.0614 e. The van der Waals surface area contributed by atoms with Crippen molar-refractivity contribution in [3.63, 3.8) is 0 Å². The highest BCUT2D eigenvalue weighted by molar-refractivity contribution is 8.31. The molecule has 0 aromatic carbocycles. The maximum Gasteiger partial charge on any atom is 0.0614 e. The molecule has 0 fully saturated rings. The predicted octanol–water partition coefficient (Wildman–Crippen LogP) is 13.5. The average molecular weight is 552 g/mol. The molecule has 0 amide bonds. The van der Waals surface area contributed by atoms with Crippen LogP contribution in [-0.2, 0) is 0 Å². The second kappa shape index (κ2) is 31.4. The van der Waals surface area contributed by atoms with Crippen molar-refractivity contribution in [2.45, 2.75) is 182 Å². The molecule has 0 radical (unpaired) electrons. The fourth-order valence-electron chi connectivity index (χ4n) is 5.38. The number of halogens is 1. The van der Waals surface area contributed by atoms with Crippen molar-refractivity contribution < 1.29 is 0 Å². The van der Waals surface area contributed by atoms with Crippen LogP contribution in [0.4, 0.5) is 0 Å². The molecule has 214 valence electrons. The first kappa shape index (κ1) is 38.3. The maximum absolute atomic E-state index is 2.37. The fraction of sp³-hybridized carbons (Fsp3) is 1.00. The van der Waals surface area contributed by atoms with Gasteiger partial charge in [-0.05, 0) is 44.9 Å². The summed E-state index contributed by atoms with van der Waals surface area (Å²) in [6.45, 7) is 8.75. The molecule has 0 aromatic rings. The third kappa shape index (κ3) is 26.5. The lowest BCUT2D eigenvalue weighted by atomic mass is 10.1. The first-order valence-electron chi connectivity index (χ1n) is 16.4. The molecule has 0 aliphatic rings. The molecule has 35 heavy (non-hydrogen) atoms. The summed E-state index contributed by atoms with van der Waals surface area (Å²) < 4.78 is 0. The van der Waals surface area contributed by atoms with Gasteiger partial charge in [-0.2, -0.15) is 0 Å². The van der Waals surface area contributed by atoms with Crippen LogP contribution < -0.4 is 0 Å². The van der Waals surface area contributed by atoms with E-state index in [-0.39, 0.29) is 12.4 Å². The first-order chi connectivity index (χ1) is 16.7. The Balaban J connectivity index is 0. The van der Waals surface area contributed by atoms with Crippen molar-refractivity contribution in [1.29, 1.82) is 0 Å². The van der Waals surface area contributed by atoms with Gasteiger partial charge >= 0.3 is 0 Å². The highest BCUT2D eigenvalue weighted by atomic mass is 35.5. The van der Waals surface area contributed by atoms with Gasteiger partial charge in [0.05, 0.1) is 18.5 Å². The van der Waals surface area contributed by atoms with Crippen molar-refractivity contribution in [3.8, 4) is 0 Å². The zero-order valence-corrected chi connectivity index (χ0v) is 27.9. The molecule has 0 bridgehead atoms. The first-order valence-corrected chi connectivity index (χ1v) is 20.7. The number of hydrogen-bond donors (Lipinski definition) is 0. The maximum atomic E-state index is 2.37. The lowest BCUT2D eigenvalue weighted by Crippen LogP contribution is -2.06. The normalized spacial score (nSPS) is 12.0. The minimum Gasteiger partial charge on any atom is -0.147 e. The Morgan fingerprint density at radius 2 is 0.600 bits per heavy atom. The molecule has 1 atom stereocenters. The second-order valence-corrected chi connectivity index (χ2v) is 19.5. The lowest BCUT2D eigenvalue weighted by molar-refractivity contribution is 0.548. The largest absolute Gasteiger partial charge is 0.147 e. The minimum atomic E-state index is -0.671. The monoisotopic (exact) mass is 551 g/mol. The van der Waals surface area contributed by atoms with Crippen molar-refractivity contribution in [3.05, 3.63) is 0 Å². The van der Waals surface area contributed by atoms with E-state index in [9.17, 15) is 0 Å². The second-order valence-electron chi connectivity index (χ2n) is 11.3. The van der Waals surface area contributed by atoms with Crippen LogP contribution in [0.25, 0.3) is 0 Å². The molecular formula is C32H70ClP2+. The SMILES string of the molecule is CCCCCCCCCCCCCCP[P+](CCCCCC)(CCCCCC)CCCCCC.Cl. The highest BCUT2D eigenvalue weighted by Crippen LogP contribution is 2.75. The molecule has 0 nitrogen and oxygen atoms in total. The van der Waals surface area contributed by atoms with Crippen LogP contribution in [-0.4, -0.2) is 24.6 Å². The van der Waals surface area contributed by atoms with Gasteiger partial charge in [0.1, 0.15) is 0 Å². The molecule has 0 aliphatic heterocycles. The molecule has 3 heteroatoms. The molecular weight excluding hydrogens is 482 g/mol. The Labute approximate surface area is 233 Å². The van der Waals surface area contributed by atoms with Gasteiger partial charge in [-0.15, -0.1) is 12.4 Å². The Morgan fingerprint density at radius 3 is 0.914 bits per heavy atom. The van der Waals surface area contributed by atoms with Gasteiger partial charge in [0.15, 0.2) is 0 Å². The minimum absolute atomic E-state index is 0. The van der Waals surface area contributed by atoms with E-state index < -0.39 is 6.95 Å². The fourth-order valence-corrected chi connectivity index (χ4v) is 14.6. The molecule has 0 rings (SSSR count). The molecule has 0 saturated heterocycles. The Bertz CT molecular complexity index is 343. The van der Waals surface area contributed by atoms with Crippen LogP contribution in [0.2, 0.25) is 0 Å². The van der Waals surface area contributed by atoms with Gasteiger partial charge in [-0.3, -0.25) is 0 Å². The summed E-state index contributed by atoms with van der Waals surface area (Å²) in [6, 6.07) is 0. The van der Waals surface area contributed by atoms with Gasteiger partial charge in [0.25, 0.3) is 0 Å². The van der Waals surface area contributed by atoms with Crippen LogP contribution in [0.5, 0.6) is 0 Å². The van der Waals surface area contributed by atoms with Gasteiger partial charge in [0.2, 0.25) is 0 Å². The van der Waals surface area contributed by atoms with E-state index in [1.807, 2.05) is 0 Å². The van der Waals surface area contributed by atoms with E-state index in [0.29, 0.717) is 0 Å². The van der Waals surface area contributed by atoms with Gasteiger partial charge in [-0.25, -0.2) is 0 Å². The van der Waals surface area contributed by atoms with Crippen molar-refractivity contribution in [2.24, 2.45) is 0 Å².